The third-order valence-corrected chi connectivity index (χ3v) is 4.72. The zero-order valence-corrected chi connectivity index (χ0v) is 10.6. The van der Waals surface area contributed by atoms with Crippen molar-refractivity contribution in [3.8, 4) is 0 Å². The average Bonchev–Trinajstić information content (AvgIpc) is 2.29. The van der Waals surface area contributed by atoms with Crippen molar-refractivity contribution in [3.63, 3.8) is 0 Å². The molecule has 0 aromatic heterocycles. The normalized spacial score (nSPS) is 31.2. The lowest BCUT2D eigenvalue weighted by atomic mass is 9.92. The minimum absolute atomic E-state index is 0.103. The molecule has 4 N–H and O–H groups in total. The molecule has 0 aromatic rings. The summed E-state index contributed by atoms with van der Waals surface area (Å²) < 4.78 is 0. The highest BCUT2D eigenvalue weighted by atomic mass is 32.2. The molecule has 1 aliphatic heterocycles. The van der Waals surface area contributed by atoms with Crippen molar-refractivity contribution < 1.29 is 5.11 Å². The quantitative estimate of drug-likeness (QED) is 0.657. The van der Waals surface area contributed by atoms with Crippen LogP contribution in [0, 0.1) is 5.92 Å². The van der Waals surface area contributed by atoms with Crippen LogP contribution >= 0.6 is 11.8 Å². The van der Waals surface area contributed by atoms with Gasteiger partial charge in [0.1, 0.15) is 0 Å². The van der Waals surface area contributed by atoms with Crippen LogP contribution in [-0.2, 0) is 0 Å². The molecule has 1 rings (SSSR count). The molecule has 0 amide bonds. The number of aliphatic hydroxyl groups excluding tert-OH is 1. The lowest BCUT2D eigenvalue weighted by molar-refractivity contribution is 0.182. The van der Waals surface area contributed by atoms with Gasteiger partial charge in [-0.1, -0.05) is 6.92 Å². The van der Waals surface area contributed by atoms with E-state index in [1.165, 1.54) is 18.6 Å². The Labute approximate surface area is 97.2 Å². The van der Waals surface area contributed by atoms with Gasteiger partial charge in [0.15, 0.2) is 0 Å². The molecule has 0 radical (unpaired) electrons. The fourth-order valence-corrected chi connectivity index (χ4v) is 3.20. The van der Waals surface area contributed by atoms with Crippen molar-refractivity contribution in [1.82, 2.24) is 5.32 Å². The molecule has 0 saturated carbocycles. The predicted octanol–water partition coefficient (Wildman–Crippen LogP) is 0.817. The van der Waals surface area contributed by atoms with Crippen molar-refractivity contribution in [2.24, 2.45) is 11.7 Å². The SMILES string of the molecule is CC(CO)C(C)NC1(CN)CCCSC1. The molecule has 0 aromatic carbocycles. The van der Waals surface area contributed by atoms with E-state index in [1.807, 2.05) is 11.8 Å². The van der Waals surface area contributed by atoms with Gasteiger partial charge in [-0.3, -0.25) is 0 Å². The van der Waals surface area contributed by atoms with Gasteiger partial charge in [-0.25, -0.2) is 0 Å². The first-order valence-electron chi connectivity index (χ1n) is 5.80. The Morgan fingerprint density at radius 1 is 1.53 bits per heavy atom. The Hall–Kier alpha value is 0.230. The number of rotatable bonds is 5. The summed E-state index contributed by atoms with van der Waals surface area (Å²) in [7, 11) is 0. The molecule has 1 aliphatic rings. The summed E-state index contributed by atoms with van der Waals surface area (Å²) in [5, 5.41) is 12.7. The highest BCUT2D eigenvalue weighted by Gasteiger charge is 2.32. The molecule has 0 aliphatic carbocycles. The highest BCUT2D eigenvalue weighted by Crippen LogP contribution is 2.27. The van der Waals surface area contributed by atoms with E-state index < -0.39 is 0 Å². The van der Waals surface area contributed by atoms with Crippen LogP contribution in [-0.4, -0.2) is 41.3 Å². The summed E-state index contributed by atoms with van der Waals surface area (Å²) in [6.45, 7) is 5.14. The zero-order chi connectivity index (χ0) is 11.3. The van der Waals surface area contributed by atoms with Crippen LogP contribution in [0.3, 0.4) is 0 Å². The Bertz CT molecular complexity index is 183. The van der Waals surface area contributed by atoms with E-state index in [0.29, 0.717) is 18.5 Å². The van der Waals surface area contributed by atoms with E-state index >= 15 is 0 Å². The molecule has 3 nitrogen and oxygen atoms in total. The molecule has 90 valence electrons. The Kier molecular flexibility index (Phi) is 5.39. The van der Waals surface area contributed by atoms with Gasteiger partial charge in [-0.15, -0.1) is 0 Å². The average molecular weight is 232 g/mol. The minimum Gasteiger partial charge on any atom is -0.396 e. The minimum atomic E-state index is 0.103. The summed E-state index contributed by atoms with van der Waals surface area (Å²) in [6, 6.07) is 0.331. The number of nitrogens with one attached hydrogen (secondary N) is 1. The van der Waals surface area contributed by atoms with Crippen molar-refractivity contribution in [2.75, 3.05) is 24.7 Å². The third-order valence-electron chi connectivity index (χ3n) is 3.39. The molecule has 4 heteroatoms. The number of nitrogens with two attached hydrogens (primary N) is 1. The Morgan fingerprint density at radius 3 is 2.73 bits per heavy atom. The Balaban J connectivity index is 2.51. The molecule has 0 bridgehead atoms. The standard InChI is InChI=1S/C11H24N2OS/c1-9(6-14)10(2)13-11(7-12)4-3-5-15-8-11/h9-10,13-14H,3-8,12H2,1-2H3. The smallest absolute Gasteiger partial charge is 0.0471 e. The van der Waals surface area contributed by atoms with E-state index in [0.717, 1.165) is 5.75 Å². The fraction of sp³-hybridized carbons (Fsp3) is 1.00. The van der Waals surface area contributed by atoms with Gasteiger partial charge < -0.3 is 16.2 Å². The van der Waals surface area contributed by atoms with E-state index in [9.17, 15) is 0 Å². The topological polar surface area (TPSA) is 58.3 Å². The fourth-order valence-electron chi connectivity index (χ4n) is 1.97. The summed E-state index contributed by atoms with van der Waals surface area (Å²) in [5.41, 5.74) is 5.99. The van der Waals surface area contributed by atoms with E-state index in [4.69, 9.17) is 10.8 Å². The van der Waals surface area contributed by atoms with Crippen molar-refractivity contribution in [2.45, 2.75) is 38.3 Å². The largest absolute Gasteiger partial charge is 0.396 e. The van der Waals surface area contributed by atoms with Gasteiger partial charge >= 0.3 is 0 Å². The first-order chi connectivity index (χ1) is 7.13. The van der Waals surface area contributed by atoms with Gasteiger partial charge in [-0.05, 0) is 31.4 Å². The third kappa shape index (κ3) is 3.63. The molecular weight excluding hydrogens is 208 g/mol. The van der Waals surface area contributed by atoms with Crippen LogP contribution in [0.1, 0.15) is 26.7 Å². The summed E-state index contributed by atoms with van der Waals surface area (Å²) in [6.07, 6.45) is 2.41. The molecule has 0 spiro atoms. The van der Waals surface area contributed by atoms with Crippen molar-refractivity contribution in [1.29, 1.82) is 0 Å². The molecule has 1 saturated heterocycles. The number of thioether (sulfide) groups is 1. The maximum absolute atomic E-state index is 9.11. The first-order valence-corrected chi connectivity index (χ1v) is 6.95. The van der Waals surface area contributed by atoms with Gasteiger partial charge in [-0.2, -0.15) is 11.8 Å². The maximum atomic E-state index is 9.11. The Morgan fingerprint density at radius 2 is 2.27 bits per heavy atom. The second-order valence-corrected chi connectivity index (χ2v) is 5.84. The van der Waals surface area contributed by atoms with Gasteiger partial charge in [0.2, 0.25) is 0 Å². The predicted molar refractivity (Wildman–Crippen MR) is 67.2 cm³/mol. The van der Waals surface area contributed by atoms with Crippen molar-refractivity contribution >= 4 is 11.8 Å². The van der Waals surface area contributed by atoms with Gasteiger partial charge in [0.25, 0.3) is 0 Å². The van der Waals surface area contributed by atoms with Gasteiger partial charge in [0, 0.05) is 30.5 Å². The van der Waals surface area contributed by atoms with E-state index in [1.54, 1.807) is 0 Å². The monoisotopic (exact) mass is 232 g/mol. The number of hydrogen-bond acceptors (Lipinski definition) is 4. The number of aliphatic hydroxyl groups is 1. The highest BCUT2D eigenvalue weighted by molar-refractivity contribution is 7.99. The molecular formula is C11H24N2OS. The summed E-state index contributed by atoms with van der Waals surface area (Å²) in [5.74, 6) is 2.65. The van der Waals surface area contributed by atoms with Crippen LogP contribution < -0.4 is 11.1 Å². The zero-order valence-electron chi connectivity index (χ0n) is 9.83. The lowest BCUT2D eigenvalue weighted by Gasteiger charge is -2.40. The van der Waals surface area contributed by atoms with Crippen LogP contribution in [0.4, 0.5) is 0 Å². The first kappa shape index (κ1) is 13.3. The summed E-state index contributed by atoms with van der Waals surface area (Å²) >= 11 is 1.98. The summed E-state index contributed by atoms with van der Waals surface area (Å²) in [4.78, 5) is 0. The van der Waals surface area contributed by atoms with Crippen molar-refractivity contribution in [3.05, 3.63) is 0 Å². The van der Waals surface area contributed by atoms with E-state index in [-0.39, 0.29) is 12.1 Å². The lowest BCUT2D eigenvalue weighted by Crippen LogP contribution is -2.59. The molecule has 1 heterocycles. The second kappa shape index (κ2) is 6.09. The van der Waals surface area contributed by atoms with E-state index in [2.05, 4.69) is 19.2 Å². The van der Waals surface area contributed by atoms with Crippen LogP contribution in [0.5, 0.6) is 0 Å². The number of hydrogen-bond donors (Lipinski definition) is 3. The molecule has 3 atom stereocenters. The van der Waals surface area contributed by atoms with Crippen LogP contribution in [0.15, 0.2) is 0 Å². The second-order valence-electron chi connectivity index (χ2n) is 4.73. The van der Waals surface area contributed by atoms with Crippen LogP contribution in [0.25, 0.3) is 0 Å². The molecule has 15 heavy (non-hydrogen) atoms. The van der Waals surface area contributed by atoms with Gasteiger partial charge in [0.05, 0.1) is 0 Å². The maximum Gasteiger partial charge on any atom is 0.0471 e. The molecule has 1 fully saturated rings. The molecule has 3 unspecified atom stereocenters. The van der Waals surface area contributed by atoms with Crippen LogP contribution in [0.2, 0.25) is 0 Å².